The largest absolute Gasteiger partial charge is 0.467 e. The highest BCUT2D eigenvalue weighted by molar-refractivity contribution is 7.88. The van der Waals surface area contributed by atoms with Gasteiger partial charge in [-0.1, -0.05) is 0 Å². The number of methoxy groups -OCH3 is 1. The minimum absolute atomic E-state index is 0.115. The van der Waals surface area contributed by atoms with Crippen LogP contribution in [0.1, 0.15) is 5.56 Å². The Morgan fingerprint density at radius 3 is 2.52 bits per heavy atom. The van der Waals surface area contributed by atoms with Crippen molar-refractivity contribution < 1.29 is 17.9 Å². The fourth-order valence-electron chi connectivity index (χ4n) is 2.46. The first kappa shape index (κ1) is 17.6. The molecule has 1 atom stereocenters. The molecule has 0 spiro atoms. The third-order valence-electron chi connectivity index (χ3n) is 3.71. The number of carbonyl (C=O) groups is 1. The first-order chi connectivity index (χ1) is 10.8. The van der Waals surface area contributed by atoms with E-state index in [1.807, 2.05) is 4.90 Å². The molecule has 0 unspecified atom stereocenters. The highest BCUT2D eigenvalue weighted by Gasteiger charge is 2.30. The molecule has 23 heavy (non-hydrogen) atoms. The van der Waals surface area contributed by atoms with E-state index in [-0.39, 0.29) is 12.6 Å². The maximum Gasteiger partial charge on any atom is 0.316 e. The molecule has 0 saturated carbocycles. The Morgan fingerprint density at radius 2 is 2.00 bits per heavy atom. The molecule has 128 valence electrons. The van der Waals surface area contributed by atoms with Crippen molar-refractivity contribution >= 4 is 15.9 Å². The molecule has 9 nitrogen and oxygen atoms in total. The Morgan fingerprint density at radius 1 is 1.35 bits per heavy atom. The molecule has 2 heterocycles. The molecule has 1 amide bonds. The smallest absolute Gasteiger partial charge is 0.316 e. The van der Waals surface area contributed by atoms with Crippen molar-refractivity contribution in [1.82, 2.24) is 19.2 Å². The van der Waals surface area contributed by atoms with Crippen molar-refractivity contribution in [2.45, 2.75) is 6.54 Å². The van der Waals surface area contributed by atoms with Crippen molar-refractivity contribution in [2.75, 3.05) is 39.5 Å². The van der Waals surface area contributed by atoms with E-state index in [1.54, 1.807) is 12.4 Å². The van der Waals surface area contributed by atoms with Gasteiger partial charge in [0.25, 0.3) is 0 Å². The SMILES string of the molecule is COc1ncc(CN2CCN(S(C)(=O)=O)C[C@@H](C(N)=O)C2)cn1. The van der Waals surface area contributed by atoms with Gasteiger partial charge in [0, 0.05) is 50.7 Å². The summed E-state index contributed by atoms with van der Waals surface area (Å²) in [5, 5.41) is 0. The maximum atomic E-state index is 11.8. The molecule has 1 aliphatic heterocycles. The lowest BCUT2D eigenvalue weighted by Crippen LogP contribution is -2.40. The Balaban J connectivity index is 2.10. The number of rotatable bonds is 5. The van der Waals surface area contributed by atoms with E-state index in [0.717, 1.165) is 11.8 Å². The molecule has 1 saturated heterocycles. The van der Waals surface area contributed by atoms with Crippen LogP contribution in [-0.2, 0) is 21.4 Å². The van der Waals surface area contributed by atoms with Crippen molar-refractivity contribution in [3.8, 4) is 6.01 Å². The van der Waals surface area contributed by atoms with Gasteiger partial charge in [0.05, 0.1) is 19.3 Å². The number of aromatic nitrogens is 2. The summed E-state index contributed by atoms with van der Waals surface area (Å²) < 4.78 is 29.7. The number of sulfonamides is 1. The van der Waals surface area contributed by atoms with Gasteiger partial charge in [0.1, 0.15) is 0 Å². The summed E-state index contributed by atoms with van der Waals surface area (Å²) in [4.78, 5) is 21.6. The zero-order chi connectivity index (χ0) is 17.0. The Labute approximate surface area is 135 Å². The van der Waals surface area contributed by atoms with Gasteiger partial charge in [0.15, 0.2) is 0 Å². The minimum atomic E-state index is -3.36. The lowest BCUT2D eigenvalue weighted by Gasteiger charge is -2.21. The number of ether oxygens (including phenoxy) is 1. The quantitative estimate of drug-likeness (QED) is 0.703. The van der Waals surface area contributed by atoms with Crippen molar-refractivity contribution in [2.24, 2.45) is 11.7 Å². The van der Waals surface area contributed by atoms with E-state index in [9.17, 15) is 13.2 Å². The van der Waals surface area contributed by atoms with Crippen LogP contribution in [0.4, 0.5) is 0 Å². The fraction of sp³-hybridized carbons (Fsp3) is 0.615. The Kier molecular flexibility index (Phi) is 5.50. The molecule has 10 heteroatoms. The summed E-state index contributed by atoms with van der Waals surface area (Å²) in [5.41, 5.74) is 6.26. The number of carbonyl (C=O) groups excluding carboxylic acids is 1. The van der Waals surface area contributed by atoms with Crippen LogP contribution in [0.2, 0.25) is 0 Å². The van der Waals surface area contributed by atoms with E-state index >= 15 is 0 Å². The lowest BCUT2D eigenvalue weighted by atomic mass is 10.1. The number of amides is 1. The van der Waals surface area contributed by atoms with Crippen LogP contribution in [0.15, 0.2) is 12.4 Å². The van der Waals surface area contributed by atoms with Crippen LogP contribution in [0, 0.1) is 5.92 Å². The van der Waals surface area contributed by atoms with Crippen molar-refractivity contribution in [1.29, 1.82) is 0 Å². The summed E-state index contributed by atoms with van der Waals surface area (Å²) >= 11 is 0. The second-order valence-corrected chi connectivity index (χ2v) is 7.52. The molecular formula is C13H21N5O4S. The molecular weight excluding hydrogens is 322 g/mol. The standard InChI is InChI=1S/C13H21N5O4S/c1-22-13-15-5-10(6-16-13)7-17-3-4-18(23(2,20)21)9-11(8-17)12(14)19/h5-6,11H,3-4,7-9H2,1-2H3,(H2,14,19)/t11-/m0/s1. The monoisotopic (exact) mass is 343 g/mol. The van der Waals surface area contributed by atoms with Gasteiger partial charge in [-0.2, -0.15) is 0 Å². The van der Waals surface area contributed by atoms with Crippen molar-refractivity contribution in [3.05, 3.63) is 18.0 Å². The average molecular weight is 343 g/mol. The Bertz CT molecular complexity index is 649. The molecule has 0 radical (unpaired) electrons. The van der Waals surface area contributed by atoms with Gasteiger partial charge in [0.2, 0.25) is 15.9 Å². The van der Waals surface area contributed by atoms with Gasteiger partial charge in [-0.15, -0.1) is 0 Å². The van der Waals surface area contributed by atoms with Crippen LogP contribution in [0.5, 0.6) is 6.01 Å². The highest BCUT2D eigenvalue weighted by Crippen LogP contribution is 2.15. The minimum Gasteiger partial charge on any atom is -0.467 e. The Hall–Kier alpha value is -1.78. The van der Waals surface area contributed by atoms with Crippen molar-refractivity contribution in [3.63, 3.8) is 0 Å². The first-order valence-corrected chi connectivity index (χ1v) is 8.96. The van der Waals surface area contributed by atoms with E-state index in [2.05, 4.69) is 9.97 Å². The third kappa shape index (κ3) is 4.85. The number of hydrogen-bond acceptors (Lipinski definition) is 7. The predicted octanol–water partition coefficient (Wildman–Crippen LogP) is -1.34. The predicted molar refractivity (Wildman–Crippen MR) is 83.0 cm³/mol. The van der Waals surface area contributed by atoms with Gasteiger partial charge in [-0.3, -0.25) is 9.69 Å². The van der Waals surface area contributed by atoms with E-state index in [4.69, 9.17) is 10.5 Å². The molecule has 1 fully saturated rings. The molecule has 0 aliphatic carbocycles. The molecule has 0 bridgehead atoms. The van der Waals surface area contributed by atoms with Crippen LogP contribution in [-0.4, -0.2) is 73.0 Å². The van der Waals surface area contributed by atoms with Gasteiger partial charge in [-0.25, -0.2) is 22.7 Å². The molecule has 1 aromatic heterocycles. The number of primary amides is 1. The zero-order valence-electron chi connectivity index (χ0n) is 13.2. The topological polar surface area (TPSA) is 119 Å². The van der Waals surface area contributed by atoms with E-state index in [1.165, 1.54) is 11.4 Å². The van der Waals surface area contributed by atoms with Gasteiger partial charge < -0.3 is 10.5 Å². The molecule has 2 N–H and O–H groups in total. The summed E-state index contributed by atoms with van der Waals surface area (Å²) in [6.45, 7) is 1.84. The molecule has 1 aromatic rings. The normalized spacial score (nSPS) is 20.9. The second-order valence-electron chi connectivity index (χ2n) is 5.53. The van der Waals surface area contributed by atoms with Crippen LogP contribution >= 0.6 is 0 Å². The highest BCUT2D eigenvalue weighted by atomic mass is 32.2. The number of hydrogen-bond donors (Lipinski definition) is 1. The molecule has 1 aliphatic rings. The summed E-state index contributed by atoms with van der Waals surface area (Å²) in [6.07, 6.45) is 4.42. The molecule has 0 aromatic carbocycles. The van der Waals surface area contributed by atoms with Gasteiger partial charge in [-0.05, 0) is 0 Å². The number of nitrogens with zero attached hydrogens (tertiary/aromatic N) is 4. The second kappa shape index (κ2) is 7.20. The lowest BCUT2D eigenvalue weighted by molar-refractivity contribution is -0.122. The first-order valence-electron chi connectivity index (χ1n) is 7.11. The zero-order valence-corrected chi connectivity index (χ0v) is 14.0. The maximum absolute atomic E-state index is 11.8. The van der Waals surface area contributed by atoms with E-state index < -0.39 is 21.8 Å². The summed E-state index contributed by atoms with van der Waals surface area (Å²) in [7, 11) is -1.88. The van der Waals surface area contributed by atoms with Gasteiger partial charge >= 0.3 is 6.01 Å². The summed E-state index contributed by atoms with van der Waals surface area (Å²) in [5.74, 6) is -1.05. The number of nitrogens with two attached hydrogens (primary N) is 1. The third-order valence-corrected chi connectivity index (χ3v) is 4.98. The summed E-state index contributed by atoms with van der Waals surface area (Å²) in [6, 6.07) is 0.280. The van der Waals surface area contributed by atoms with E-state index in [0.29, 0.717) is 26.2 Å². The van der Waals surface area contributed by atoms with Crippen LogP contribution in [0.3, 0.4) is 0 Å². The molecule has 2 rings (SSSR count). The fourth-order valence-corrected chi connectivity index (χ4v) is 3.33. The van der Waals surface area contributed by atoms with Crippen LogP contribution in [0.25, 0.3) is 0 Å². The van der Waals surface area contributed by atoms with Crippen LogP contribution < -0.4 is 10.5 Å². The average Bonchev–Trinajstić information content (AvgIpc) is 2.70.